The molecule has 1 aliphatic heterocycles. The SMILES string of the molecule is CCCC1(O)C(C)CNC[C@@H]1C. The maximum absolute atomic E-state index is 10.4. The first-order valence-corrected chi connectivity index (χ1v) is 5.04. The molecule has 0 aromatic rings. The van der Waals surface area contributed by atoms with Gasteiger partial charge in [-0.2, -0.15) is 0 Å². The van der Waals surface area contributed by atoms with Crippen molar-refractivity contribution in [2.24, 2.45) is 11.8 Å². The maximum Gasteiger partial charge on any atom is 0.0722 e. The van der Waals surface area contributed by atoms with Crippen molar-refractivity contribution in [1.29, 1.82) is 0 Å². The molecule has 12 heavy (non-hydrogen) atoms. The molecule has 0 aromatic carbocycles. The molecule has 1 aliphatic rings. The van der Waals surface area contributed by atoms with Gasteiger partial charge in [-0.15, -0.1) is 0 Å². The minimum absolute atomic E-state index is 0.390. The van der Waals surface area contributed by atoms with Crippen LogP contribution in [0.25, 0.3) is 0 Å². The van der Waals surface area contributed by atoms with E-state index in [1.807, 2.05) is 0 Å². The smallest absolute Gasteiger partial charge is 0.0722 e. The Hall–Kier alpha value is -0.0800. The summed E-state index contributed by atoms with van der Waals surface area (Å²) in [4.78, 5) is 0. The van der Waals surface area contributed by atoms with E-state index in [0.29, 0.717) is 11.8 Å². The van der Waals surface area contributed by atoms with Gasteiger partial charge in [0.05, 0.1) is 5.60 Å². The molecule has 0 aromatic heterocycles. The Morgan fingerprint density at radius 1 is 1.33 bits per heavy atom. The largest absolute Gasteiger partial charge is 0.389 e. The summed E-state index contributed by atoms with van der Waals surface area (Å²) in [5.41, 5.74) is -0.417. The normalized spacial score (nSPS) is 43.0. The van der Waals surface area contributed by atoms with E-state index in [1.165, 1.54) is 0 Å². The monoisotopic (exact) mass is 171 g/mol. The minimum atomic E-state index is -0.417. The summed E-state index contributed by atoms with van der Waals surface area (Å²) in [6.45, 7) is 8.33. The summed E-state index contributed by atoms with van der Waals surface area (Å²) in [5.74, 6) is 0.780. The van der Waals surface area contributed by atoms with Crippen LogP contribution in [0.1, 0.15) is 33.6 Å². The van der Waals surface area contributed by atoms with E-state index in [4.69, 9.17) is 0 Å². The van der Waals surface area contributed by atoms with Crippen molar-refractivity contribution < 1.29 is 5.11 Å². The highest BCUT2D eigenvalue weighted by Crippen LogP contribution is 2.33. The van der Waals surface area contributed by atoms with Gasteiger partial charge in [0.25, 0.3) is 0 Å². The van der Waals surface area contributed by atoms with Gasteiger partial charge in [0, 0.05) is 13.1 Å². The number of piperidine rings is 1. The first-order chi connectivity index (χ1) is 5.61. The lowest BCUT2D eigenvalue weighted by Gasteiger charge is -2.43. The van der Waals surface area contributed by atoms with E-state index < -0.39 is 5.60 Å². The molecule has 72 valence electrons. The Labute approximate surface area is 75.4 Å². The molecule has 1 rings (SSSR count). The third-order valence-electron chi connectivity index (χ3n) is 3.26. The molecular weight excluding hydrogens is 150 g/mol. The number of hydrogen-bond acceptors (Lipinski definition) is 2. The molecule has 1 heterocycles. The lowest BCUT2D eigenvalue weighted by atomic mass is 9.73. The van der Waals surface area contributed by atoms with Crippen molar-refractivity contribution in [3.05, 3.63) is 0 Å². The van der Waals surface area contributed by atoms with Crippen LogP contribution < -0.4 is 5.32 Å². The van der Waals surface area contributed by atoms with Gasteiger partial charge >= 0.3 is 0 Å². The van der Waals surface area contributed by atoms with Gasteiger partial charge in [0.2, 0.25) is 0 Å². The molecule has 2 N–H and O–H groups in total. The summed E-state index contributed by atoms with van der Waals surface area (Å²) in [7, 11) is 0. The maximum atomic E-state index is 10.4. The number of rotatable bonds is 2. The molecule has 3 atom stereocenters. The van der Waals surface area contributed by atoms with Crippen LogP contribution in [0.15, 0.2) is 0 Å². The Bertz CT molecular complexity index is 137. The van der Waals surface area contributed by atoms with Gasteiger partial charge in [-0.1, -0.05) is 27.2 Å². The third-order valence-corrected chi connectivity index (χ3v) is 3.26. The van der Waals surface area contributed by atoms with Crippen LogP contribution in [0.4, 0.5) is 0 Å². The molecule has 2 heteroatoms. The Morgan fingerprint density at radius 2 is 1.83 bits per heavy atom. The van der Waals surface area contributed by atoms with Crippen LogP contribution >= 0.6 is 0 Å². The number of aliphatic hydroxyl groups is 1. The van der Waals surface area contributed by atoms with Crippen LogP contribution in [0.3, 0.4) is 0 Å². The molecule has 0 radical (unpaired) electrons. The van der Waals surface area contributed by atoms with Gasteiger partial charge in [-0.05, 0) is 18.3 Å². The van der Waals surface area contributed by atoms with Crippen LogP contribution in [0, 0.1) is 11.8 Å². The minimum Gasteiger partial charge on any atom is -0.389 e. The van der Waals surface area contributed by atoms with E-state index >= 15 is 0 Å². The van der Waals surface area contributed by atoms with Crippen molar-refractivity contribution in [2.45, 2.75) is 39.2 Å². The van der Waals surface area contributed by atoms with E-state index in [1.54, 1.807) is 0 Å². The highest BCUT2D eigenvalue weighted by molar-refractivity contribution is 4.93. The Balaban J connectivity index is 2.66. The zero-order valence-corrected chi connectivity index (χ0v) is 8.43. The van der Waals surface area contributed by atoms with E-state index in [0.717, 1.165) is 25.9 Å². The average Bonchev–Trinajstić information content (AvgIpc) is 2.02. The van der Waals surface area contributed by atoms with Crippen molar-refractivity contribution in [1.82, 2.24) is 5.32 Å². The van der Waals surface area contributed by atoms with Gasteiger partial charge in [0.15, 0.2) is 0 Å². The van der Waals surface area contributed by atoms with E-state index in [9.17, 15) is 5.11 Å². The Kier molecular flexibility index (Phi) is 3.13. The van der Waals surface area contributed by atoms with Crippen molar-refractivity contribution >= 4 is 0 Å². The zero-order valence-electron chi connectivity index (χ0n) is 8.43. The van der Waals surface area contributed by atoms with Crippen LogP contribution in [-0.4, -0.2) is 23.8 Å². The van der Waals surface area contributed by atoms with Crippen LogP contribution in [0.2, 0.25) is 0 Å². The highest BCUT2D eigenvalue weighted by atomic mass is 16.3. The second kappa shape index (κ2) is 3.75. The molecule has 1 fully saturated rings. The van der Waals surface area contributed by atoms with Gasteiger partial charge in [-0.25, -0.2) is 0 Å². The lowest BCUT2D eigenvalue weighted by molar-refractivity contribution is -0.0804. The molecule has 0 amide bonds. The Morgan fingerprint density at radius 3 is 2.25 bits per heavy atom. The fourth-order valence-electron chi connectivity index (χ4n) is 2.25. The van der Waals surface area contributed by atoms with E-state index in [2.05, 4.69) is 26.1 Å². The predicted molar refractivity (Wildman–Crippen MR) is 51.1 cm³/mol. The van der Waals surface area contributed by atoms with Crippen molar-refractivity contribution in [3.63, 3.8) is 0 Å². The van der Waals surface area contributed by atoms with Crippen LogP contribution in [-0.2, 0) is 0 Å². The molecule has 2 unspecified atom stereocenters. The fourth-order valence-corrected chi connectivity index (χ4v) is 2.25. The van der Waals surface area contributed by atoms with Crippen molar-refractivity contribution in [3.8, 4) is 0 Å². The highest BCUT2D eigenvalue weighted by Gasteiger charge is 2.40. The van der Waals surface area contributed by atoms with Gasteiger partial charge < -0.3 is 10.4 Å². The topological polar surface area (TPSA) is 32.3 Å². The molecule has 2 nitrogen and oxygen atoms in total. The fraction of sp³-hybridized carbons (Fsp3) is 1.00. The average molecular weight is 171 g/mol. The number of hydrogen-bond donors (Lipinski definition) is 2. The molecule has 0 saturated carbocycles. The van der Waals surface area contributed by atoms with E-state index in [-0.39, 0.29) is 0 Å². The first kappa shape index (κ1) is 10.0. The second-order valence-corrected chi connectivity index (χ2v) is 4.20. The quantitative estimate of drug-likeness (QED) is 0.658. The van der Waals surface area contributed by atoms with Crippen LogP contribution in [0.5, 0.6) is 0 Å². The summed E-state index contributed by atoms with van der Waals surface area (Å²) in [6, 6.07) is 0. The third kappa shape index (κ3) is 1.64. The molecule has 1 saturated heterocycles. The molecule has 0 aliphatic carbocycles. The molecule has 0 spiro atoms. The van der Waals surface area contributed by atoms with Gasteiger partial charge in [-0.3, -0.25) is 0 Å². The standard InChI is InChI=1S/C10H21NO/c1-4-5-10(12)8(2)6-11-7-9(10)3/h8-9,11-12H,4-7H2,1-3H3/t8-,9?,10?/m0/s1. The molecular formula is C10H21NO. The zero-order chi connectivity index (χ0) is 9.19. The second-order valence-electron chi connectivity index (χ2n) is 4.20. The van der Waals surface area contributed by atoms with Gasteiger partial charge in [0.1, 0.15) is 0 Å². The summed E-state index contributed by atoms with van der Waals surface area (Å²) < 4.78 is 0. The van der Waals surface area contributed by atoms with Crippen molar-refractivity contribution in [2.75, 3.05) is 13.1 Å². The summed E-state index contributed by atoms with van der Waals surface area (Å²) in [6.07, 6.45) is 2.02. The summed E-state index contributed by atoms with van der Waals surface area (Å²) in [5, 5.41) is 13.7. The number of nitrogens with one attached hydrogen (secondary N) is 1. The lowest BCUT2D eigenvalue weighted by Crippen LogP contribution is -2.54. The molecule has 0 bridgehead atoms. The predicted octanol–water partition coefficient (Wildman–Crippen LogP) is 1.39. The summed E-state index contributed by atoms with van der Waals surface area (Å²) >= 11 is 0. The first-order valence-electron chi connectivity index (χ1n) is 5.04.